The van der Waals surface area contributed by atoms with Crippen molar-refractivity contribution in [1.82, 2.24) is 5.32 Å². The highest BCUT2D eigenvalue weighted by atomic mass is 79.9. The predicted molar refractivity (Wildman–Crippen MR) is 68.1 cm³/mol. The summed E-state index contributed by atoms with van der Waals surface area (Å²) in [6, 6.07) is 2.77. The number of nitrogens with one attached hydrogen (secondary N) is 1. The normalized spacial score (nSPS) is 24.2. The van der Waals surface area contributed by atoms with Gasteiger partial charge in [-0.15, -0.1) is 0 Å². The van der Waals surface area contributed by atoms with Crippen molar-refractivity contribution in [3.63, 3.8) is 0 Å². The summed E-state index contributed by atoms with van der Waals surface area (Å²) in [6.45, 7) is 0.816. The van der Waals surface area contributed by atoms with Crippen LogP contribution < -0.4 is 5.32 Å². The Labute approximate surface area is 109 Å². The smallest absolute Gasteiger partial charge is 0.143 e. The minimum atomic E-state index is -0.432. The fourth-order valence-corrected chi connectivity index (χ4v) is 3.15. The van der Waals surface area contributed by atoms with Crippen LogP contribution in [0.2, 0.25) is 0 Å². The molecule has 17 heavy (non-hydrogen) atoms. The lowest BCUT2D eigenvalue weighted by Gasteiger charge is -2.21. The number of benzene rings is 1. The third kappa shape index (κ3) is 2.52. The van der Waals surface area contributed by atoms with E-state index >= 15 is 0 Å². The molecule has 1 aliphatic rings. The molecule has 0 aromatic heterocycles. The van der Waals surface area contributed by atoms with Crippen LogP contribution in [-0.4, -0.2) is 13.6 Å². The molecular weight excluding hydrogens is 288 g/mol. The van der Waals surface area contributed by atoms with Crippen molar-refractivity contribution in [2.75, 3.05) is 13.6 Å². The molecular formula is C13H16BrF2N. The van der Waals surface area contributed by atoms with Gasteiger partial charge < -0.3 is 5.32 Å². The lowest BCUT2D eigenvalue weighted by atomic mass is 9.88. The van der Waals surface area contributed by atoms with Gasteiger partial charge in [0, 0.05) is 5.56 Å². The summed E-state index contributed by atoms with van der Waals surface area (Å²) in [5.41, 5.74) is 0.261. The Bertz CT molecular complexity index is 409. The minimum absolute atomic E-state index is 0.0000463. The highest BCUT2D eigenvalue weighted by molar-refractivity contribution is 9.10. The number of hydrogen-bond acceptors (Lipinski definition) is 1. The largest absolute Gasteiger partial charge is 0.319 e. The zero-order valence-electron chi connectivity index (χ0n) is 9.77. The van der Waals surface area contributed by atoms with Crippen molar-refractivity contribution in [3.8, 4) is 0 Å². The van der Waals surface area contributed by atoms with Gasteiger partial charge in [0.05, 0.1) is 4.47 Å². The molecule has 0 saturated heterocycles. The lowest BCUT2D eigenvalue weighted by Crippen LogP contribution is -2.22. The van der Waals surface area contributed by atoms with Crippen molar-refractivity contribution >= 4 is 15.9 Å². The summed E-state index contributed by atoms with van der Waals surface area (Å²) in [5.74, 6) is -0.519. The molecule has 94 valence electrons. The first-order valence-electron chi connectivity index (χ1n) is 5.93. The maximum atomic E-state index is 14.0. The summed E-state index contributed by atoms with van der Waals surface area (Å²) in [7, 11) is 1.88. The van der Waals surface area contributed by atoms with Crippen LogP contribution >= 0.6 is 15.9 Å². The standard InChI is InChI=1S/C13H16BrF2N/c1-17-7-8-3-2-4-9(8)12-11(15)6-5-10(14)13(12)16/h5-6,8-9,17H,2-4,7H2,1H3. The van der Waals surface area contributed by atoms with Crippen LogP contribution in [0.5, 0.6) is 0 Å². The Hall–Kier alpha value is -0.480. The summed E-state index contributed by atoms with van der Waals surface area (Å²) in [6.07, 6.45) is 2.95. The lowest BCUT2D eigenvalue weighted by molar-refractivity contribution is 0.427. The fraction of sp³-hybridized carbons (Fsp3) is 0.538. The molecule has 1 fully saturated rings. The van der Waals surface area contributed by atoms with Crippen LogP contribution in [0.1, 0.15) is 30.7 Å². The maximum Gasteiger partial charge on any atom is 0.143 e. The van der Waals surface area contributed by atoms with Gasteiger partial charge in [0.15, 0.2) is 0 Å². The Balaban J connectivity index is 2.36. The molecule has 1 aromatic carbocycles. The van der Waals surface area contributed by atoms with E-state index in [4.69, 9.17) is 0 Å². The molecule has 0 heterocycles. The predicted octanol–water partition coefficient (Wildman–Crippen LogP) is 3.83. The maximum absolute atomic E-state index is 14.0. The van der Waals surface area contributed by atoms with Gasteiger partial charge in [0.2, 0.25) is 0 Å². The highest BCUT2D eigenvalue weighted by Gasteiger charge is 2.32. The van der Waals surface area contributed by atoms with Crippen LogP contribution in [-0.2, 0) is 0 Å². The van der Waals surface area contributed by atoms with E-state index in [0.29, 0.717) is 10.4 Å². The second-order valence-electron chi connectivity index (χ2n) is 4.61. The molecule has 0 spiro atoms. The topological polar surface area (TPSA) is 12.0 Å². The minimum Gasteiger partial charge on any atom is -0.319 e. The van der Waals surface area contributed by atoms with Crippen LogP contribution in [0.3, 0.4) is 0 Å². The van der Waals surface area contributed by atoms with Gasteiger partial charge in [0.25, 0.3) is 0 Å². The van der Waals surface area contributed by atoms with E-state index in [-0.39, 0.29) is 11.5 Å². The Morgan fingerprint density at radius 1 is 1.35 bits per heavy atom. The molecule has 1 saturated carbocycles. The first-order valence-corrected chi connectivity index (χ1v) is 6.72. The highest BCUT2D eigenvalue weighted by Crippen LogP contribution is 2.42. The van der Waals surface area contributed by atoms with Crippen molar-refractivity contribution in [1.29, 1.82) is 0 Å². The molecule has 0 amide bonds. The molecule has 1 nitrogen and oxygen atoms in total. The third-order valence-electron chi connectivity index (χ3n) is 3.58. The van der Waals surface area contributed by atoms with Gasteiger partial charge in [0.1, 0.15) is 11.6 Å². The van der Waals surface area contributed by atoms with E-state index < -0.39 is 11.6 Å². The third-order valence-corrected chi connectivity index (χ3v) is 4.19. The quantitative estimate of drug-likeness (QED) is 0.837. The Kier molecular flexibility index (Phi) is 4.15. The molecule has 1 aromatic rings. The second-order valence-corrected chi connectivity index (χ2v) is 5.47. The summed E-state index contributed by atoms with van der Waals surface area (Å²) >= 11 is 3.13. The number of hydrogen-bond donors (Lipinski definition) is 1. The molecule has 0 radical (unpaired) electrons. The second kappa shape index (κ2) is 5.44. The van der Waals surface area contributed by atoms with E-state index in [0.717, 1.165) is 25.8 Å². The van der Waals surface area contributed by atoms with Crippen molar-refractivity contribution in [3.05, 3.63) is 33.8 Å². The zero-order valence-corrected chi connectivity index (χ0v) is 11.4. The summed E-state index contributed by atoms with van der Waals surface area (Å²) < 4.78 is 28.2. The molecule has 0 aliphatic heterocycles. The van der Waals surface area contributed by atoms with Gasteiger partial charge in [-0.1, -0.05) is 6.42 Å². The average Bonchev–Trinajstić information content (AvgIpc) is 2.73. The average molecular weight is 304 g/mol. The van der Waals surface area contributed by atoms with E-state index in [2.05, 4.69) is 21.2 Å². The molecule has 1 N–H and O–H groups in total. The van der Waals surface area contributed by atoms with Gasteiger partial charge in [-0.25, -0.2) is 8.78 Å². The number of rotatable bonds is 3. The van der Waals surface area contributed by atoms with E-state index in [1.165, 1.54) is 12.1 Å². The van der Waals surface area contributed by atoms with Crippen molar-refractivity contribution in [2.45, 2.75) is 25.2 Å². The van der Waals surface area contributed by atoms with Gasteiger partial charge in [-0.2, -0.15) is 0 Å². The monoisotopic (exact) mass is 303 g/mol. The van der Waals surface area contributed by atoms with Crippen molar-refractivity contribution < 1.29 is 8.78 Å². The Morgan fingerprint density at radius 2 is 2.12 bits per heavy atom. The van der Waals surface area contributed by atoms with E-state index in [1.54, 1.807) is 0 Å². The van der Waals surface area contributed by atoms with Gasteiger partial charge in [-0.05, 0) is 66.3 Å². The van der Waals surface area contributed by atoms with Crippen LogP contribution in [0.4, 0.5) is 8.78 Å². The molecule has 1 aliphatic carbocycles. The van der Waals surface area contributed by atoms with Crippen LogP contribution in [0.25, 0.3) is 0 Å². The summed E-state index contributed by atoms with van der Waals surface area (Å²) in [5, 5.41) is 3.11. The molecule has 2 rings (SSSR count). The molecule has 4 heteroatoms. The van der Waals surface area contributed by atoms with Crippen LogP contribution in [0.15, 0.2) is 16.6 Å². The Morgan fingerprint density at radius 3 is 2.82 bits per heavy atom. The van der Waals surface area contributed by atoms with Gasteiger partial charge >= 0.3 is 0 Å². The first-order chi connectivity index (χ1) is 8.15. The fourth-order valence-electron chi connectivity index (χ4n) is 2.81. The summed E-state index contributed by atoms with van der Waals surface area (Å²) in [4.78, 5) is 0. The van der Waals surface area contributed by atoms with E-state index in [9.17, 15) is 8.78 Å². The van der Waals surface area contributed by atoms with Crippen LogP contribution in [0, 0.1) is 17.6 Å². The zero-order chi connectivity index (χ0) is 12.4. The molecule has 0 bridgehead atoms. The first kappa shape index (κ1) is 13.0. The molecule has 2 unspecified atom stereocenters. The molecule has 2 atom stereocenters. The SMILES string of the molecule is CNCC1CCCC1c1c(F)ccc(Br)c1F. The van der Waals surface area contributed by atoms with E-state index in [1.807, 2.05) is 7.05 Å². The van der Waals surface area contributed by atoms with Crippen molar-refractivity contribution in [2.24, 2.45) is 5.92 Å². The van der Waals surface area contributed by atoms with Gasteiger partial charge in [-0.3, -0.25) is 0 Å². The number of halogens is 3.